The van der Waals surface area contributed by atoms with Gasteiger partial charge in [0.15, 0.2) is 0 Å². The Morgan fingerprint density at radius 2 is 1.17 bits per heavy atom. The zero-order valence-electron chi connectivity index (χ0n) is 13.4. The van der Waals surface area contributed by atoms with Crippen LogP contribution in [0.3, 0.4) is 0 Å². The van der Waals surface area contributed by atoms with Crippen molar-refractivity contribution in [3.05, 3.63) is 71.8 Å². The maximum atomic E-state index is 12.8. The van der Waals surface area contributed by atoms with Gasteiger partial charge in [-0.1, -0.05) is 86.3 Å². The van der Waals surface area contributed by atoms with Crippen molar-refractivity contribution in [2.75, 3.05) is 0 Å². The lowest BCUT2D eigenvalue weighted by atomic mass is 9.53. The largest absolute Gasteiger partial charge is 0.341 e. The standard InChI is InChI=1S/C21H23NO/c23-19-20(15-9-1-2-10-16-20)21(22-19,17-11-5-3-6-12-17)18-13-7-4-8-14-18/h3-8,11-14H,1-2,9-10,15-16H2,(H,22,23). The van der Waals surface area contributed by atoms with Gasteiger partial charge in [-0.05, 0) is 24.0 Å². The minimum absolute atomic E-state index is 0.243. The van der Waals surface area contributed by atoms with E-state index in [1.54, 1.807) is 0 Å². The summed E-state index contributed by atoms with van der Waals surface area (Å²) in [4.78, 5) is 12.8. The number of nitrogens with one attached hydrogen (secondary N) is 1. The quantitative estimate of drug-likeness (QED) is 0.819. The van der Waals surface area contributed by atoms with Gasteiger partial charge in [0, 0.05) is 0 Å². The molecule has 0 bridgehead atoms. The fourth-order valence-corrected chi connectivity index (χ4v) is 4.69. The molecule has 23 heavy (non-hydrogen) atoms. The molecule has 1 aliphatic carbocycles. The average Bonchev–Trinajstić information content (AvgIpc) is 2.89. The molecule has 4 rings (SSSR count). The van der Waals surface area contributed by atoms with Crippen LogP contribution < -0.4 is 5.32 Å². The summed E-state index contributed by atoms with van der Waals surface area (Å²) in [5, 5.41) is 3.34. The van der Waals surface area contributed by atoms with Crippen LogP contribution in [0.5, 0.6) is 0 Å². The number of carbonyl (C=O) groups excluding carboxylic acids is 1. The molecule has 2 fully saturated rings. The number of hydrogen-bond acceptors (Lipinski definition) is 1. The van der Waals surface area contributed by atoms with Crippen molar-refractivity contribution in [3.63, 3.8) is 0 Å². The minimum Gasteiger partial charge on any atom is -0.341 e. The van der Waals surface area contributed by atoms with Crippen LogP contribution in [0.2, 0.25) is 0 Å². The van der Waals surface area contributed by atoms with Gasteiger partial charge in [0.05, 0.1) is 5.41 Å². The Morgan fingerprint density at radius 3 is 1.61 bits per heavy atom. The Labute approximate surface area is 137 Å². The van der Waals surface area contributed by atoms with Gasteiger partial charge in [-0.2, -0.15) is 0 Å². The maximum Gasteiger partial charge on any atom is 0.230 e. The van der Waals surface area contributed by atoms with Gasteiger partial charge in [-0.3, -0.25) is 4.79 Å². The molecule has 0 unspecified atom stereocenters. The van der Waals surface area contributed by atoms with Crippen LogP contribution in [0.4, 0.5) is 0 Å². The highest BCUT2D eigenvalue weighted by molar-refractivity contribution is 5.94. The molecule has 1 amide bonds. The summed E-state index contributed by atoms with van der Waals surface area (Å²) in [5.74, 6) is 0.243. The van der Waals surface area contributed by atoms with Crippen LogP contribution in [0, 0.1) is 5.41 Å². The molecule has 118 valence electrons. The van der Waals surface area contributed by atoms with Crippen LogP contribution in [-0.4, -0.2) is 5.91 Å². The molecule has 2 aromatic rings. The second-order valence-corrected chi connectivity index (χ2v) is 6.93. The summed E-state index contributed by atoms with van der Waals surface area (Å²) in [5.41, 5.74) is 1.78. The fourth-order valence-electron chi connectivity index (χ4n) is 4.69. The Balaban J connectivity index is 1.92. The van der Waals surface area contributed by atoms with E-state index in [1.165, 1.54) is 24.0 Å². The van der Waals surface area contributed by atoms with Gasteiger partial charge in [0.1, 0.15) is 5.54 Å². The first kappa shape index (κ1) is 14.5. The fraction of sp³-hybridized carbons (Fsp3) is 0.381. The summed E-state index contributed by atoms with van der Waals surface area (Å²) >= 11 is 0. The van der Waals surface area contributed by atoms with Crippen molar-refractivity contribution >= 4 is 5.91 Å². The Kier molecular flexibility index (Phi) is 3.48. The van der Waals surface area contributed by atoms with E-state index < -0.39 is 0 Å². The van der Waals surface area contributed by atoms with Crippen LogP contribution in [0.1, 0.15) is 49.7 Å². The third-order valence-electron chi connectivity index (χ3n) is 5.82. The SMILES string of the molecule is O=C1NC(c2ccccc2)(c2ccccc2)C12CCCCCC2. The zero-order valence-corrected chi connectivity index (χ0v) is 13.4. The summed E-state index contributed by atoms with van der Waals surface area (Å²) < 4.78 is 0. The molecule has 2 aromatic carbocycles. The lowest BCUT2D eigenvalue weighted by Gasteiger charge is -2.59. The van der Waals surface area contributed by atoms with E-state index in [-0.39, 0.29) is 16.9 Å². The monoisotopic (exact) mass is 305 g/mol. The van der Waals surface area contributed by atoms with Crippen molar-refractivity contribution in [3.8, 4) is 0 Å². The molecule has 0 radical (unpaired) electrons. The highest BCUT2D eigenvalue weighted by Crippen LogP contribution is 2.58. The van der Waals surface area contributed by atoms with Gasteiger partial charge >= 0.3 is 0 Å². The number of rotatable bonds is 2. The normalized spacial score (nSPS) is 22.0. The molecular formula is C21H23NO. The van der Waals surface area contributed by atoms with Crippen LogP contribution >= 0.6 is 0 Å². The molecule has 2 nitrogen and oxygen atoms in total. The van der Waals surface area contributed by atoms with Crippen molar-refractivity contribution in [1.82, 2.24) is 5.32 Å². The highest BCUT2D eigenvalue weighted by atomic mass is 16.2. The molecule has 0 aromatic heterocycles. The molecule has 1 spiro atoms. The third-order valence-corrected chi connectivity index (χ3v) is 5.82. The lowest BCUT2D eigenvalue weighted by molar-refractivity contribution is -0.156. The van der Waals surface area contributed by atoms with Crippen molar-refractivity contribution in [2.45, 2.75) is 44.1 Å². The van der Waals surface area contributed by atoms with E-state index in [0.717, 1.165) is 25.7 Å². The second kappa shape index (κ2) is 5.52. The number of amides is 1. The molecule has 2 aliphatic rings. The second-order valence-electron chi connectivity index (χ2n) is 6.93. The number of hydrogen-bond donors (Lipinski definition) is 1. The van der Waals surface area contributed by atoms with E-state index in [2.05, 4.69) is 53.8 Å². The summed E-state index contributed by atoms with van der Waals surface area (Å²) in [7, 11) is 0. The summed E-state index contributed by atoms with van der Waals surface area (Å²) in [6.07, 6.45) is 6.76. The van der Waals surface area contributed by atoms with Gasteiger partial charge in [-0.25, -0.2) is 0 Å². The first-order valence-corrected chi connectivity index (χ1v) is 8.73. The third kappa shape index (κ3) is 1.97. The van der Waals surface area contributed by atoms with Gasteiger partial charge in [0.25, 0.3) is 0 Å². The molecule has 2 heteroatoms. The van der Waals surface area contributed by atoms with Crippen molar-refractivity contribution in [1.29, 1.82) is 0 Å². The predicted octanol–water partition coefficient (Wildman–Crippen LogP) is 4.40. The Morgan fingerprint density at radius 1 is 0.696 bits per heavy atom. The van der Waals surface area contributed by atoms with E-state index in [1.807, 2.05) is 12.1 Å². The van der Waals surface area contributed by atoms with Gasteiger partial charge in [-0.15, -0.1) is 0 Å². The Bertz CT molecular complexity index is 645. The molecule has 1 saturated carbocycles. The summed E-state index contributed by atoms with van der Waals surface area (Å²) in [6, 6.07) is 21.1. The Hall–Kier alpha value is -2.09. The minimum atomic E-state index is -0.364. The van der Waals surface area contributed by atoms with E-state index in [9.17, 15) is 4.79 Å². The first-order valence-electron chi connectivity index (χ1n) is 8.73. The summed E-state index contributed by atoms with van der Waals surface area (Å²) in [6.45, 7) is 0. The maximum absolute atomic E-state index is 12.8. The molecule has 1 heterocycles. The average molecular weight is 305 g/mol. The topological polar surface area (TPSA) is 29.1 Å². The number of benzene rings is 2. The molecule has 1 N–H and O–H groups in total. The van der Waals surface area contributed by atoms with Crippen molar-refractivity contribution < 1.29 is 4.79 Å². The zero-order chi connectivity index (χ0) is 15.8. The molecule has 0 atom stereocenters. The van der Waals surface area contributed by atoms with Gasteiger partial charge in [0.2, 0.25) is 5.91 Å². The van der Waals surface area contributed by atoms with E-state index >= 15 is 0 Å². The smallest absolute Gasteiger partial charge is 0.230 e. The van der Waals surface area contributed by atoms with Crippen LogP contribution in [-0.2, 0) is 10.3 Å². The van der Waals surface area contributed by atoms with E-state index in [4.69, 9.17) is 0 Å². The predicted molar refractivity (Wildman–Crippen MR) is 91.9 cm³/mol. The molecular weight excluding hydrogens is 282 g/mol. The molecule has 1 saturated heterocycles. The van der Waals surface area contributed by atoms with Gasteiger partial charge < -0.3 is 5.32 Å². The van der Waals surface area contributed by atoms with E-state index in [0.29, 0.717) is 0 Å². The number of β-lactam (4-membered cyclic amide) rings is 1. The highest BCUT2D eigenvalue weighted by Gasteiger charge is 2.66. The lowest BCUT2D eigenvalue weighted by Crippen LogP contribution is -2.74. The van der Waals surface area contributed by atoms with Crippen molar-refractivity contribution in [2.24, 2.45) is 5.41 Å². The first-order chi connectivity index (χ1) is 11.3. The molecule has 1 aliphatic heterocycles. The van der Waals surface area contributed by atoms with Crippen LogP contribution in [0.25, 0.3) is 0 Å². The number of carbonyl (C=O) groups is 1. The van der Waals surface area contributed by atoms with Crippen LogP contribution in [0.15, 0.2) is 60.7 Å².